The van der Waals surface area contributed by atoms with Gasteiger partial charge in [-0.1, -0.05) is 18.9 Å². The molecule has 1 saturated heterocycles. The van der Waals surface area contributed by atoms with E-state index in [1.54, 1.807) is 11.3 Å². The molecular weight excluding hydrogens is 380 g/mol. The van der Waals surface area contributed by atoms with Gasteiger partial charge < -0.3 is 9.88 Å². The van der Waals surface area contributed by atoms with E-state index in [1.165, 1.54) is 43.4 Å². The molecule has 1 saturated carbocycles. The summed E-state index contributed by atoms with van der Waals surface area (Å²) in [6, 6.07) is 6.99. The number of carbonyl (C=O) groups excluding carboxylic acids is 1. The predicted molar refractivity (Wildman–Crippen MR) is 117 cm³/mol. The summed E-state index contributed by atoms with van der Waals surface area (Å²) < 4.78 is 2.08. The Balaban J connectivity index is 1.53. The smallest absolute Gasteiger partial charge is 0.239 e. The van der Waals surface area contributed by atoms with Crippen molar-refractivity contribution in [3.63, 3.8) is 0 Å². The maximum atomic E-state index is 13.0. The largest absolute Gasteiger partial charge is 0.325 e. The van der Waals surface area contributed by atoms with Crippen LogP contribution in [0.3, 0.4) is 0 Å². The van der Waals surface area contributed by atoms with E-state index in [1.807, 2.05) is 19.9 Å². The quantitative estimate of drug-likeness (QED) is 0.778. The Labute approximate surface area is 177 Å². The van der Waals surface area contributed by atoms with E-state index < -0.39 is 0 Å². The van der Waals surface area contributed by atoms with Crippen LogP contribution in [-0.2, 0) is 11.3 Å². The molecule has 2 aliphatic rings. The van der Waals surface area contributed by atoms with Gasteiger partial charge in [-0.15, -0.1) is 11.3 Å². The molecule has 3 heterocycles. The number of amides is 1. The Morgan fingerprint density at radius 3 is 2.83 bits per heavy atom. The number of rotatable bonds is 5. The van der Waals surface area contributed by atoms with Crippen LogP contribution in [0.2, 0.25) is 0 Å². The van der Waals surface area contributed by atoms with Crippen LogP contribution in [0.25, 0.3) is 0 Å². The molecule has 1 aliphatic carbocycles. The van der Waals surface area contributed by atoms with Crippen molar-refractivity contribution >= 4 is 23.1 Å². The van der Waals surface area contributed by atoms with E-state index in [0.717, 1.165) is 23.7 Å². The van der Waals surface area contributed by atoms with Crippen molar-refractivity contribution in [3.05, 3.63) is 39.2 Å². The molecule has 1 amide bonds. The van der Waals surface area contributed by atoms with Gasteiger partial charge in [-0.3, -0.25) is 9.69 Å². The second kappa shape index (κ2) is 8.73. The summed E-state index contributed by atoms with van der Waals surface area (Å²) in [4.78, 5) is 16.6. The summed E-state index contributed by atoms with van der Waals surface area (Å²) in [7, 11) is 0. The summed E-state index contributed by atoms with van der Waals surface area (Å²) >= 11 is 1.69. The SMILES string of the molecule is Cc1c(C#N)c(NC(=O)CN2CCCC3CCCCC32)n(Cc2cccs2)c1C. The van der Waals surface area contributed by atoms with E-state index in [2.05, 4.69) is 32.3 Å². The van der Waals surface area contributed by atoms with E-state index in [-0.39, 0.29) is 5.91 Å². The van der Waals surface area contributed by atoms with Crippen LogP contribution in [-0.4, -0.2) is 34.5 Å². The minimum absolute atomic E-state index is 0.00217. The highest BCUT2D eigenvalue weighted by Gasteiger charge is 2.34. The molecule has 2 atom stereocenters. The van der Waals surface area contributed by atoms with Crippen LogP contribution in [0.15, 0.2) is 17.5 Å². The number of anilines is 1. The third-order valence-corrected chi connectivity index (χ3v) is 7.66. The molecule has 2 aromatic heterocycles. The lowest BCUT2D eigenvalue weighted by atomic mass is 9.78. The first kappa shape index (κ1) is 20.2. The third-order valence-electron chi connectivity index (χ3n) is 6.80. The van der Waals surface area contributed by atoms with Gasteiger partial charge >= 0.3 is 0 Å². The Morgan fingerprint density at radius 1 is 1.28 bits per heavy atom. The Kier molecular flexibility index (Phi) is 6.07. The maximum Gasteiger partial charge on any atom is 0.239 e. The molecule has 1 N–H and O–H groups in total. The fourth-order valence-electron chi connectivity index (χ4n) is 5.17. The standard InChI is InChI=1S/C23H30N4OS/c1-16-17(2)27(14-19-9-6-12-29-19)23(20(16)13-24)25-22(28)15-26-11-5-8-18-7-3-4-10-21(18)26/h6,9,12,18,21H,3-5,7-8,10-11,14-15H2,1-2H3,(H,25,28). The lowest BCUT2D eigenvalue weighted by molar-refractivity contribution is -0.119. The average molecular weight is 411 g/mol. The Morgan fingerprint density at radius 2 is 2.07 bits per heavy atom. The van der Waals surface area contributed by atoms with Crippen molar-refractivity contribution in [2.24, 2.45) is 5.92 Å². The second-order valence-electron chi connectivity index (χ2n) is 8.48. The first-order valence-electron chi connectivity index (χ1n) is 10.7. The number of aromatic nitrogens is 1. The predicted octanol–water partition coefficient (Wildman–Crippen LogP) is 4.68. The number of hydrogen-bond acceptors (Lipinski definition) is 4. The van der Waals surface area contributed by atoms with Gasteiger partial charge in [0.05, 0.1) is 18.7 Å². The molecule has 29 heavy (non-hydrogen) atoms. The van der Waals surface area contributed by atoms with Gasteiger partial charge in [-0.05, 0) is 69.0 Å². The van der Waals surface area contributed by atoms with Crippen molar-refractivity contribution in [2.75, 3.05) is 18.4 Å². The molecule has 0 spiro atoms. The van der Waals surface area contributed by atoms with Crippen LogP contribution in [0.4, 0.5) is 5.82 Å². The van der Waals surface area contributed by atoms with Crippen LogP contribution < -0.4 is 5.32 Å². The number of nitrogens with one attached hydrogen (secondary N) is 1. The van der Waals surface area contributed by atoms with Crippen LogP contribution in [0, 0.1) is 31.1 Å². The number of nitrogens with zero attached hydrogens (tertiary/aromatic N) is 3. The van der Waals surface area contributed by atoms with Crippen LogP contribution >= 0.6 is 11.3 Å². The third kappa shape index (κ3) is 4.12. The fourth-order valence-corrected chi connectivity index (χ4v) is 5.86. The molecule has 6 heteroatoms. The zero-order chi connectivity index (χ0) is 20.4. The number of thiophene rings is 1. The number of piperidine rings is 1. The van der Waals surface area contributed by atoms with Gasteiger partial charge in [0.15, 0.2) is 0 Å². The number of carbonyl (C=O) groups is 1. The fraction of sp³-hybridized carbons (Fsp3) is 0.565. The van der Waals surface area contributed by atoms with E-state index >= 15 is 0 Å². The summed E-state index contributed by atoms with van der Waals surface area (Å²) in [6.07, 6.45) is 7.63. The monoisotopic (exact) mass is 410 g/mol. The van der Waals surface area contributed by atoms with Crippen molar-refractivity contribution in [2.45, 2.75) is 65.0 Å². The minimum Gasteiger partial charge on any atom is -0.325 e. The van der Waals surface area contributed by atoms with Crippen molar-refractivity contribution in [1.29, 1.82) is 5.26 Å². The Hall–Kier alpha value is -2.10. The van der Waals surface area contributed by atoms with Gasteiger partial charge in [0.25, 0.3) is 0 Å². The lowest BCUT2D eigenvalue weighted by Crippen LogP contribution is -2.49. The highest BCUT2D eigenvalue weighted by atomic mass is 32.1. The lowest BCUT2D eigenvalue weighted by Gasteiger charge is -2.43. The molecule has 154 valence electrons. The zero-order valence-corrected chi connectivity index (χ0v) is 18.2. The summed E-state index contributed by atoms with van der Waals surface area (Å²) in [5, 5.41) is 14.9. The molecule has 0 aromatic carbocycles. The molecule has 0 bridgehead atoms. The van der Waals surface area contributed by atoms with E-state index in [4.69, 9.17) is 0 Å². The molecule has 2 fully saturated rings. The van der Waals surface area contributed by atoms with Gasteiger partial charge in [0.1, 0.15) is 11.9 Å². The van der Waals surface area contributed by atoms with Crippen molar-refractivity contribution < 1.29 is 4.79 Å². The van der Waals surface area contributed by atoms with Gasteiger partial charge in [0, 0.05) is 16.6 Å². The summed E-state index contributed by atoms with van der Waals surface area (Å²) in [5.74, 6) is 1.41. The molecule has 4 rings (SSSR count). The molecule has 5 nitrogen and oxygen atoms in total. The van der Waals surface area contributed by atoms with Crippen molar-refractivity contribution in [1.82, 2.24) is 9.47 Å². The summed E-state index contributed by atoms with van der Waals surface area (Å²) in [5.41, 5.74) is 2.57. The Bertz CT molecular complexity index is 906. The second-order valence-corrected chi connectivity index (χ2v) is 9.52. The number of nitriles is 1. The number of likely N-dealkylation sites (tertiary alicyclic amines) is 1. The zero-order valence-electron chi connectivity index (χ0n) is 17.4. The molecule has 2 aromatic rings. The van der Waals surface area contributed by atoms with Gasteiger partial charge in [-0.2, -0.15) is 5.26 Å². The van der Waals surface area contributed by atoms with Gasteiger partial charge in [0.2, 0.25) is 5.91 Å². The highest BCUT2D eigenvalue weighted by molar-refractivity contribution is 7.09. The highest BCUT2D eigenvalue weighted by Crippen LogP contribution is 2.35. The minimum atomic E-state index is -0.00217. The van der Waals surface area contributed by atoms with E-state index in [0.29, 0.717) is 30.5 Å². The molecular formula is C23H30N4OS. The number of hydrogen-bond donors (Lipinski definition) is 1. The summed E-state index contributed by atoms with van der Waals surface area (Å²) in [6.45, 7) is 6.10. The van der Waals surface area contributed by atoms with E-state index in [9.17, 15) is 10.1 Å². The molecule has 1 aliphatic heterocycles. The first-order chi connectivity index (χ1) is 14.1. The first-order valence-corrected chi connectivity index (χ1v) is 11.6. The van der Waals surface area contributed by atoms with Crippen LogP contribution in [0.1, 0.15) is 60.2 Å². The van der Waals surface area contributed by atoms with Crippen LogP contribution in [0.5, 0.6) is 0 Å². The topological polar surface area (TPSA) is 61.1 Å². The molecule has 0 radical (unpaired) electrons. The molecule has 2 unspecified atom stereocenters. The average Bonchev–Trinajstić information content (AvgIpc) is 3.31. The van der Waals surface area contributed by atoms with Gasteiger partial charge in [-0.25, -0.2) is 0 Å². The van der Waals surface area contributed by atoms with Crippen molar-refractivity contribution in [3.8, 4) is 6.07 Å². The normalized spacial score (nSPS) is 22.1. The number of fused-ring (bicyclic) bond motifs is 1. The maximum absolute atomic E-state index is 13.0.